The third kappa shape index (κ3) is 2.20. The van der Waals surface area contributed by atoms with Crippen molar-refractivity contribution in [2.75, 3.05) is 0 Å². The van der Waals surface area contributed by atoms with E-state index in [1.165, 1.54) is 5.56 Å². The zero-order chi connectivity index (χ0) is 7.40. The summed E-state index contributed by atoms with van der Waals surface area (Å²) in [5.41, 5.74) is 1.25. The third-order valence-corrected chi connectivity index (χ3v) is 1.87. The Morgan fingerprint density at radius 1 is 1.50 bits per heavy atom. The van der Waals surface area contributed by atoms with Crippen molar-refractivity contribution in [3.05, 3.63) is 34.3 Å². The molecule has 0 saturated carbocycles. The van der Waals surface area contributed by atoms with Gasteiger partial charge in [-0.05, 0) is 23.1 Å². The molecule has 0 amide bonds. The molecule has 0 radical (unpaired) electrons. The molecule has 2 heteroatoms. The van der Waals surface area contributed by atoms with Crippen molar-refractivity contribution in [2.24, 2.45) is 0 Å². The summed E-state index contributed by atoms with van der Waals surface area (Å²) in [6, 6.07) is 8.15. The van der Waals surface area contributed by atoms with Crippen molar-refractivity contribution in [3.63, 3.8) is 0 Å². The fourth-order valence-corrected chi connectivity index (χ4v) is 1.40. The predicted octanol–water partition coefficient (Wildman–Crippen LogP) is 2.99. The topological polar surface area (TPSA) is 0 Å². The third-order valence-electron chi connectivity index (χ3n) is 1.21. The summed E-state index contributed by atoms with van der Waals surface area (Å²) in [4.78, 5) is 0. The molecule has 0 N–H and O–H groups in total. The van der Waals surface area contributed by atoms with E-state index in [0.29, 0.717) is 0 Å². The first kappa shape index (κ1) is 7.89. The van der Waals surface area contributed by atoms with Gasteiger partial charge in [-0.15, -0.1) is 0 Å². The molecule has 1 rings (SSSR count). The van der Waals surface area contributed by atoms with Crippen LogP contribution in [0.1, 0.15) is 5.56 Å². The van der Waals surface area contributed by atoms with Crippen LogP contribution in [-0.4, -0.2) is 5.37 Å². The molecular formula is C8H7BrS. The van der Waals surface area contributed by atoms with Gasteiger partial charge in [0.2, 0.25) is 0 Å². The lowest BCUT2D eigenvalue weighted by Crippen LogP contribution is -1.82. The van der Waals surface area contributed by atoms with Crippen LogP contribution in [0.3, 0.4) is 0 Å². The van der Waals surface area contributed by atoms with E-state index in [1.54, 1.807) is 5.37 Å². The maximum atomic E-state index is 4.74. The normalized spacial score (nSPS) is 9.30. The fourth-order valence-electron chi connectivity index (χ4n) is 0.760. The lowest BCUT2D eigenvalue weighted by atomic mass is 10.2. The van der Waals surface area contributed by atoms with Crippen molar-refractivity contribution >= 4 is 33.5 Å². The van der Waals surface area contributed by atoms with E-state index in [1.807, 2.05) is 12.1 Å². The predicted molar refractivity (Wildman–Crippen MR) is 51.5 cm³/mol. The summed E-state index contributed by atoms with van der Waals surface area (Å²) >= 11 is 8.12. The van der Waals surface area contributed by atoms with Gasteiger partial charge in [-0.25, -0.2) is 0 Å². The van der Waals surface area contributed by atoms with Gasteiger partial charge in [-0.1, -0.05) is 40.3 Å². The summed E-state index contributed by atoms with van der Waals surface area (Å²) in [5.74, 6) is 0. The molecule has 0 heterocycles. The van der Waals surface area contributed by atoms with Crippen LogP contribution in [0.5, 0.6) is 0 Å². The lowest BCUT2D eigenvalue weighted by molar-refractivity contribution is 1.37. The van der Waals surface area contributed by atoms with Crippen LogP contribution in [-0.2, 0) is 6.42 Å². The van der Waals surface area contributed by atoms with Gasteiger partial charge in [0, 0.05) is 10.9 Å². The standard InChI is InChI=1S/C8H7BrS/c9-8-3-1-2-7(6-8)4-5-10/h1-3,5-6H,4H2. The lowest BCUT2D eigenvalue weighted by Gasteiger charge is -1.94. The maximum Gasteiger partial charge on any atom is 0.0178 e. The largest absolute Gasteiger partial charge is 0.0931 e. The Bertz CT molecular complexity index is 232. The first-order valence-corrected chi connectivity index (χ1v) is 4.27. The van der Waals surface area contributed by atoms with Crippen LogP contribution in [0.25, 0.3) is 0 Å². The molecule has 1 aromatic carbocycles. The Morgan fingerprint density at radius 2 is 2.30 bits per heavy atom. The van der Waals surface area contributed by atoms with Gasteiger partial charge in [-0.2, -0.15) is 0 Å². The van der Waals surface area contributed by atoms with Crippen LogP contribution in [0.2, 0.25) is 0 Å². The molecule has 10 heavy (non-hydrogen) atoms. The minimum atomic E-state index is 0.870. The Balaban J connectivity index is 2.84. The summed E-state index contributed by atoms with van der Waals surface area (Å²) in [6.07, 6.45) is 0.870. The number of halogens is 1. The highest BCUT2D eigenvalue weighted by molar-refractivity contribution is 9.10. The average Bonchev–Trinajstić information content (AvgIpc) is 1.88. The summed E-state index contributed by atoms with van der Waals surface area (Å²) in [7, 11) is 0. The molecule has 0 aliphatic heterocycles. The first-order chi connectivity index (χ1) is 4.83. The zero-order valence-corrected chi connectivity index (χ0v) is 7.78. The Hall–Kier alpha value is -0.210. The van der Waals surface area contributed by atoms with Gasteiger partial charge >= 0.3 is 0 Å². The second-order valence-corrected chi connectivity index (χ2v) is 3.25. The van der Waals surface area contributed by atoms with Crippen LogP contribution in [0.4, 0.5) is 0 Å². The first-order valence-electron chi connectivity index (χ1n) is 3.01. The molecule has 0 saturated heterocycles. The van der Waals surface area contributed by atoms with E-state index in [2.05, 4.69) is 28.1 Å². The van der Waals surface area contributed by atoms with Gasteiger partial charge in [-0.3, -0.25) is 0 Å². The van der Waals surface area contributed by atoms with Gasteiger partial charge in [0.25, 0.3) is 0 Å². The second kappa shape index (κ2) is 3.84. The Labute approximate surface area is 74.4 Å². The molecule has 0 unspecified atom stereocenters. The van der Waals surface area contributed by atoms with Crippen molar-refractivity contribution in [1.82, 2.24) is 0 Å². The molecule has 0 spiro atoms. The van der Waals surface area contributed by atoms with Crippen molar-refractivity contribution in [3.8, 4) is 0 Å². The quantitative estimate of drug-likeness (QED) is 0.683. The number of rotatable bonds is 2. The maximum absolute atomic E-state index is 4.74. The van der Waals surface area contributed by atoms with Crippen LogP contribution in [0, 0.1) is 0 Å². The van der Waals surface area contributed by atoms with E-state index < -0.39 is 0 Å². The molecule has 0 atom stereocenters. The highest BCUT2D eigenvalue weighted by atomic mass is 79.9. The molecule has 1 aromatic rings. The molecule has 0 aliphatic rings. The molecule has 0 aliphatic carbocycles. The van der Waals surface area contributed by atoms with E-state index in [-0.39, 0.29) is 0 Å². The SMILES string of the molecule is S=CCc1cccc(Br)c1. The van der Waals surface area contributed by atoms with Crippen LogP contribution in [0.15, 0.2) is 28.7 Å². The zero-order valence-electron chi connectivity index (χ0n) is 5.38. The van der Waals surface area contributed by atoms with Gasteiger partial charge in [0.05, 0.1) is 0 Å². The highest BCUT2D eigenvalue weighted by Gasteiger charge is 1.89. The molecule has 0 bridgehead atoms. The summed E-state index contributed by atoms with van der Waals surface area (Å²) in [6.45, 7) is 0. The Kier molecular flexibility index (Phi) is 3.03. The highest BCUT2D eigenvalue weighted by Crippen LogP contribution is 2.11. The molecule has 0 fully saturated rings. The Morgan fingerprint density at radius 3 is 2.90 bits per heavy atom. The molecule has 52 valence electrons. The van der Waals surface area contributed by atoms with Crippen molar-refractivity contribution in [2.45, 2.75) is 6.42 Å². The minimum Gasteiger partial charge on any atom is -0.0931 e. The number of benzene rings is 1. The van der Waals surface area contributed by atoms with Gasteiger partial charge < -0.3 is 0 Å². The average molecular weight is 215 g/mol. The smallest absolute Gasteiger partial charge is 0.0178 e. The number of hydrogen-bond donors (Lipinski definition) is 0. The van der Waals surface area contributed by atoms with Crippen molar-refractivity contribution < 1.29 is 0 Å². The second-order valence-electron chi connectivity index (χ2n) is 2.00. The van der Waals surface area contributed by atoms with Crippen LogP contribution >= 0.6 is 28.1 Å². The van der Waals surface area contributed by atoms with Crippen molar-refractivity contribution in [1.29, 1.82) is 0 Å². The fraction of sp³-hybridized carbons (Fsp3) is 0.125. The van der Waals surface area contributed by atoms with E-state index in [4.69, 9.17) is 12.2 Å². The van der Waals surface area contributed by atoms with Gasteiger partial charge in [0.1, 0.15) is 0 Å². The molecule has 0 aromatic heterocycles. The van der Waals surface area contributed by atoms with E-state index in [0.717, 1.165) is 10.9 Å². The van der Waals surface area contributed by atoms with E-state index >= 15 is 0 Å². The summed E-state index contributed by atoms with van der Waals surface area (Å²) < 4.78 is 1.11. The van der Waals surface area contributed by atoms with E-state index in [9.17, 15) is 0 Å². The molecular weight excluding hydrogens is 208 g/mol. The van der Waals surface area contributed by atoms with Gasteiger partial charge in [0.15, 0.2) is 0 Å². The number of hydrogen-bond acceptors (Lipinski definition) is 1. The molecule has 0 nitrogen and oxygen atoms in total. The van der Waals surface area contributed by atoms with Crippen LogP contribution < -0.4 is 0 Å². The number of thiocarbonyl (C=S) groups is 1. The monoisotopic (exact) mass is 214 g/mol. The minimum absolute atomic E-state index is 0.870. The summed E-state index contributed by atoms with van der Waals surface area (Å²) in [5, 5.41) is 1.74.